The number of methoxy groups -OCH3 is 3. The van der Waals surface area contributed by atoms with Gasteiger partial charge in [0, 0.05) is 100 Å². The molecule has 4 aliphatic carbocycles. The molecule has 2 aliphatic heterocycles. The second-order valence-electron chi connectivity index (χ2n) is 34.7. The first kappa shape index (κ1) is 93.5. The van der Waals surface area contributed by atoms with Gasteiger partial charge in [0.05, 0.1) is 77.2 Å². The molecule has 0 spiro atoms. The zero-order chi connectivity index (χ0) is 92.5. The maximum atomic E-state index is 13.2. The number of sulfone groups is 1. The van der Waals surface area contributed by atoms with Gasteiger partial charge in [-0.25, -0.2) is 46.3 Å². The van der Waals surface area contributed by atoms with Crippen molar-refractivity contribution in [3.8, 4) is 34.0 Å². The molecule has 692 valence electrons. The van der Waals surface area contributed by atoms with Crippen LogP contribution in [0.2, 0.25) is 0 Å². The first-order chi connectivity index (χ1) is 64.7. The van der Waals surface area contributed by atoms with E-state index < -0.39 is 15.9 Å². The monoisotopic (exact) mass is 1850 g/mol. The normalized spacial score (nSPS) is 14.7. The molecule has 5 aromatic heterocycles. The van der Waals surface area contributed by atoms with Gasteiger partial charge in [0.25, 0.3) is 5.56 Å². The summed E-state index contributed by atoms with van der Waals surface area (Å²) in [6.45, 7) is 7.06. The Morgan fingerprint density at radius 3 is 1.22 bits per heavy atom. The molecular weight excluding hydrogens is 1730 g/mol. The van der Waals surface area contributed by atoms with Crippen molar-refractivity contribution in [2.75, 3.05) is 48.9 Å². The number of hydrogen-bond acceptors (Lipinski definition) is 16. The summed E-state index contributed by atoms with van der Waals surface area (Å²) in [6.07, 6.45) is 20.5. The maximum Gasteiger partial charge on any atom is 0.320 e. The van der Waals surface area contributed by atoms with E-state index in [-0.39, 0.29) is 35.2 Å². The van der Waals surface area contributed by atoms with Crippen molar-refractivity contribution in [3.05, 3.63) is 317 Å². The number of aromatic amines is 1. The second-order valence-corrected chi connectivity index (χ2v) is 38.6. The molecule has 4 fully saturated rings. The maximum absolute atomic E-state index is 13.2. The minimum absolute atomic E-state index is 0.116. The number of para-hydroxylation sites is 4. The molecule has 7 heterocycles. The van der Waals surface area contributed by atoms with E-state index in [2.05, 4.69) is 137 Å². The van der Waals surface area contributed by atoms with Crippen LogP contribution >= 0.6 is 23.5 Å². The highest BCUT2D eigenvalue weighted by atomic mass is 32.2. The summed E-state index contributed by atoms with van der Waals surface area (Å²) in [5.74, 6) is 7.01. The fourth-order valence-electron chi connectivity index (χ4n) is 17.7. The third-order valence-electron chi connectivity index (χ3n) is 25.5. The van der Waals surface area contributed by atoms with E-state index in [1.807, 2.05) is 170 Å². The first-order valence-corrected chi connectivity index (χ1v) is 49.9. The molecule has 8 aromatic carbocycles. The standard InChI is InChI=1S/C28H32N6OS.C25H28N4O4S.C25H28N4O2S.C24H28N4O3/c1-19-26(23-16-30-33(2)17-23)32-34(24-10-5-4-6-11-24)27(19)31-28(35)29-15-22-14-20(18-36-3)12-13-25(22)21-8-7-9-21;1-33-14-17-10-11-21(18-6-5-7-18)19(12-17)13-26-25(30)27-24-22-15-34(31,32)16-23(22)28-29(24)20-8-3-2-4-9-20;1-31-14-17-10-11-21(18-6-5-7-18)19(12-17)13-26-25(30)27-24-22-15-32-16-23(22)28-29(24)20-8-3-2-4-9-20;1-16-22(28(27-23(16)29)20-9-4-3-5-10-20)26-24(30)25-14-19-13-17(15-31-2)11-12-21(19)18-7-6-8-18/h4-6,10-14,16-17,21H,7-9,15,18H2,1-3H3,(H2,29,31,35);2-4,8-12,18H,5-7,13-16H2,1H3,(H2,26,27,30);2-4,8-12,18H,5-7,13-16H2,1H3,(H2,26,27,30);3-5,9-13,18H,6-8,14-15H2,1-2H3,(H,27,29)(H2,25,26,30). The molecule has 19 rings (SSSR count). The Morgan fingerprint density at radius 1 is 0.451 bits per heavy atom. The van der Waals surface area contributed by atoms with E-state index in [0.29, 0.717) is 104 Å². The van der Waals surface area contributed by atoms with Gasteiger partial charge in [-0.3, -0.25) is 35.8 Å². The van der Waals surface area contributed by atoms with Crippen LogP contribution in [-0.4, -0.2) is 109 Å². The lowest BCUT2D eigenvalue weighted by molar-refractivity contribution is 0.184. The predicted octanol–water partition coefficient (Wildman–Crippen LogP) is 19.6. The van der Waals surface area contributed by atoms with Crippen molar-refractivity contribution in [1.29, 1.82) is 0 Å². The van der Waals surface area contributed by atoms with Crippen LogP contribution in [0.1, 0.15) is 201 Å². The topological polar surface area (TPSA) is 335 Å². The van der Waals surface area contributed by atoms with Gasteiger partial charge in [0.15, 0.2) is 9.84 Å². The van der Waals surface area contributed by atoms with Gasteiger partial charge in [-0.1, -0.05) is 171 Å². The largest absolute Gasteiger partial charge is 0.380 e. The van der Waals surface area contributed by atoms with Gasteiger partial charge in [-0.2, -0.15) is 43.9 Å². The number of H-pyrrole nitrogens is 1. The van der Waals surface area contributed by atoms with E-state index in [0.717, 1.165) is 102 Å². The predicted molar refractivity (Wildman–Crippen MR) is 525 cm³/mol. The number of carbonyl (C=O) groups excluding carboxylic acids is 4. The average molecular weight is 1850 g/mol. The van der Waals surface area contributed by atoms with Crippen LogP contribution in [-0.2, 0) is 106 Å². The minimum Gasteiger partial charge on any atom is -0.380 e. The Bertz CT molecular complexity index is 6430. The van der Waals surface area contributed by atoms with Crippen LogP contribution in [0.4, 0.5) is 42.4 Å². The Morgan fingerprint density at radius 2 is 0.827 bits per heavy atom. The van der Waals surface area contributed by atoms with Gasteiger partial charge < -0.3 is 35.5 Å². The molecule has 133 heavy (non-hydrogen) atoms. The van der Waals surface area contributed by atoms with E-state index in [4.69, 9.17) is 24.4 Å². The summed E-state index contributed by atoms with van der Waals surface area (Å²) in [5.41, 5.74) is 23.8. The van der Waals surface area contributed by atoms with Crippen molar-refractivity contribution in [1.82, 2.24) is 70.2 Å². The number of urea groups is 4. The fraction of sp³-hybridized carbons (Fsp3) is 0.343. The van der Waals surface area contributed by atoms with Crippen molar-refractivity contribution in [2.24, 2.45) is 7.05 Å². The molecule has 6 aliphatic rings. The highest BCUT2D eigenvalue weighted by molar-refractivity contribution is 7.98. The highest BCUT2D eigenvalue weighted by Gasteiger charge is 2.35. The van der Waals surface area contributed by atoms with Gasteiger partial charge in [-0.05, 0) is 210 Å². The molecule has 0 atom stereocenters. The van der Waals surface area contributed by atoms with Crippen LogP contribution in [0.3, 0.4) is 0 Å². The van der Waals surface area contributed by atoms with Crippen molar-refractivity contribution < 1.29 is 41.8 Å². The number of fused-ring (bicyclic) bond motifs is 2. The summed E-state index contributed by atoms with van der Waals surface area (Å²) in [7, 11) is 3.67. The molecule has 31 heteroatoms. The Balaban J connectivity index is 0.000000129. The summed E-state index contributed by atoms with van der Waals surface area (Å²) in [5, 5.41) is 45.1. The van der Waals surface area contributed by atoms with E-state index in [1.54, 1.807) is 53.2 Å². The van der Waals surface area contributed by atoms with Gasteiger partial charge in [0.1, 0.15) is 29.0 Å². The molecule has 0 saturated heterocycles. The van der Waals surface area contributed by atoms with Crippen molar-refractivity contribution >= 4 is 80.8 Å². The minimum atomic E-state index is -3.26. The first-order valence-electron chi connectivity index (χ1n) is 45.5. The van der Waals surface area contributed by atoms with Crippen LogP contribution in [0.5, 0.6) is 0 Å². The van der Waals surface area contributed by atoms with Crippen LogP contribution in [0.25, 0.3) is 34.0 Å². The number of anilines is 4. The van der Waals surface area contributed by atoms with Gasteiger partial charge in [-0.15, -0.1) is 0 Å². The van der Waals surface area contributed by atoms with Crippen molar-refractivity contribution in [2.45, 2.75) is 189 Å². The molecule has 28 nitrogen and oxygen atoms in total. The summed E-state index contributed by atoms with van der Waals surface area (Å²) in [4.78, 5) is 64.0. The number of hydrogen-bond donors (Lipinski definition) is 9. The van der Waals surface area contributed by atoms with Gasteiger partial charge >= 0.3 is 24.1 Å². The highest BCUT2D eigenvalue weighted by Crippen LogP contribution is 2.44. The van der Waals surface area contributed by atoms with Crippen LogP contribution in [0.15, 0.2) is 211 Å². The average Bonchev–Trinajstić information content (AvgIpc) is 1.48. The smallest absolute Gasteiger partial charge is 0.320 e. The molecule has 0 radical (unpaired) electrons. The van der Waals surface area contributed by atoms with E-state index in [9.17, 15) is 32.4 Å². The lowest BCUT2D eigenvalue weighted by Crippen LogP contribution is -2.30. The molecule has 0 bridgehead atoms. The number of rotatable bonds is 29. The zero-order valence-corrected chi connectivity index (χ0v) is 78.7. The van der Waals surface area contributed by atoms with Gasteiger partial charge in [0.2, 0.25) is 0 Å². The number of thioether (sulfide) groups is 2. The fourth-order valence-corrected chi connectivity index (χ4v) is 20.8. The summed E-state index contributed by atoms with van der Waals surface area (Å²) < 4.78 is 48.8. The molecule has 4 saturated carbocycles. The SMILES string of the molecule is COCc1ccc(C2CCC2)c(CNC(=O)Nc2c(C)c(=O)[nH]n2-c2ccccc2)c1.COCc1ccc(C2CCC2)c(CNC(=O)Nc2c3c(nn2-c2ccccc2)CS(=O)(=O)C3)c1.COCc1ccc(C2CCC2)c(CNC(=O)Nc2c3c(nn2-c2ccccc2)CSC3)c1.CSCc1ccc(C2CCC2)c(CNC(=O)Nc2c(C)c(-c3cnn(C)c3)nn2-c2ccccc2)c1. The molecular formula is C102H116N18O10S3. The van der Waals surface area contributed by atoms with Crippen LogP contribution < -0.4 is 48.1 Å². The molecule has 0 unspecified atom stereocenters. The Kier molecular flexibility index (Phi) is 30.7. The number of aryl methyl sites for hydroxylation is 1. The quantitative estimate of drug-likeness (QED) is 0.0210. The third kappa shape index (κ3) is 22.8. The van der Waals surface area contributed by atoms with E-state index >= 15 is 0 Å². The number of amides is 8. The number of ether oxygens (including phenoxy) is 3. The zero-order valence-electron chi connectivity index (χ0n) is 76.2. The Hall–Kier alpha value is -12.8. The summed E-state index contributed by atoms with van der Waals surface area (Å²) >= 11 is 3.64. The number of benzene rings is 8. The second kappa shape index (κ2) is 43.7. The molecule has 13 aromatic rings. The van der Waals surface area contributed by atoms with Crippen LogP contribution in [0, 0.1) is 13.8 Å². The number of nitrogens with one attached hydrogen (secondary N) is 9. The third-order valence-corrected chi connectivity index (χ3v) is 28.6. The molecule has 9 N–H and O–H groups in total. The number of carbonyl (C=O) groups is 4. The molecule has 8 amide bonds. The number of aromatic nitrogens is 10. The van der Waals surface area contributed by atoms with Crippen molar-refractivity contribution in [3.63, 3.8) is 0 Å². The lowest BCUT2D eigenvalue weighted by Gasteiger charge is -2.28. The summed E-state index contributed by atoms with van der Waals surface area (Å²) in [6, 6.07) is 63.3. The Labute approximate surface area is 784 Å². The number of nitrogens with zero attached hydrogens (tertiary/aromatic N) is 9. The van der Waals surface area contributed by atoms with E-state index in [1.165, 1.54) is 116 Å². The lowest BCUT2D eigenvalue weighted by atomic mass is 9.78.